The summed E-state index contributed by atoms with van der Waals surface area (Å²) in [6.07, 6.45) is 0.943. The molecular weight excluding hydrogens is 274 g/mol. The largest absolute Gasteiger partial charge is 0.494 e. The van der Waals surface area contributed by atoms with Crippen molar-refractivity contribution in [3.8, 4) is 5.75 Å². The SMILES string of the molecule is CC(C)CCOc1ccc(C(=O)N[C@H](CO)C(=O)O)cc1. The van der Waals surface area contributed by atoms with Gasteiger partial charge in [0.25, 0.3) is 5.91 Å². The molecule has 1 rings (SSSR count). The van der Waals surface area contributed by atoms with Crippen LogP contribution in [-0.2, 0) is 4.79 Å². The highest BCUT2D eigenvalue weighted by atomic mass is 16.5. The number of benzene rings is 1. The highest BCUT2D eigenvalue weighted by Gasteiger charge is 2.19. The number of carboxylic acid groups (broad SMARTS) is 1. The van der Waals surface area contributed by atoms with Gasteiger partial charge < -0.3 is 20.3 Å². The van der Waals surface area contributed by atoms with Gasteiger partial charge in [0.2, 0.25) is 0 Å². The van der Waals surface area contributed by atoms with Gasteiger partial charge in [0.1, 0.15) is 5.75 Å². The quantitative estimate of drug-likeness (QED) is 0.671. The van der Waals surface area contributed by atoms with Gasteiger partial charge in [-0.1, -0.05) is 13.8 Å². The van der Waals surface area contributed by atoms with Crippen molar-refractivity contribution < 1.29 is 24.5 Å². The minimum absolute atomic E-state index is 0.311. The molecule has 6 nitrogen and oxygen atoms in total. The van der Waals surface area contributed by atoms with Crippen LogP contribution >= 0.6 is 0 Å². The molecule has 0 spiro atoms. The highest BCUT2D eigenvalue weighted by molar-refractivity contribution is 5.96. The summed E-state index contributed by atoms with van der Waals surface area (Å²) in [6.45, 7) is 4.17. The number of carboxylic acids is 1. The predicted octanol–water partition coefficient (Wildman–Crippen LogP) is 1.29. The summed E-state index contributed by atoms with van der Waals surface area (Å²) in [4.78, 5) is 22.5. The Bertz CT molecular complexity index is 469. The number of hydrogen-bond donors (Lipinski definition) is 3. The van der Waals surface area contributed by atoms with E-state index in [0.717, 1.165) is 6.42 Å². The topological polar surface area (TPSA) is 95.9 Å². The first-order valence-electron chi connectivity index (χ1n) is 6.81. The average molecular weight is 295 g/mol. The third-order valence-electron chi connectivity index (χ3n) is 2.87. The monoisotopic (exact) mass is 295 g/mol. The van der Waals surface area contributed by atoms with Gasteiger partial charge in [0, 0.05) is 5.56 Å². The lowest BCUT2D eigenvalue weighted by Crippen LogP contribution is -2.43. The Morgan fingerprint density at radius 2 is 1.86 bits per heavy atom. The molecule has 0 aliphatic carbocycles. The number of rotatable bonds is 8. The van der Waals surface area contributed by atoms with Crippen LogP contribution in [0.25, 0.3) is 0 Å². The normalized spacial score (nSPS) is 12.0. The Hall–Kier alpha value is -2.08. The molecule has 0 aromatic heterocycles. The molecule has 0 unspecified atom stereocenters. The Morgan fingerprint density at radius 3 is 2.33 bits per heavy atom. The van der Waals surface area contributed by atoms with Crippen molar-refractivity contribution in [1.82, 2.24) is 5.32 Å². The van der Waals surface area contributed by atoms with E-state index in [2.05, 4.69) is 19.2 Å². The molecule has 0 heterocycles. The average Bonchev–Trinajstić information content (AvgIpc) is 2.44. The molecule has 116 valence electrons. The van der Waals surface area contributed by atoms with Crippen LogP contribution in [0.2, 0.25) is 0 Å². The zero-order valence-electron chi connectivity index (χ0n) is 12.2. The fraction of sp³-hybridized carbons (Fsp3) is 0.467. The number of hydrogen-bond acceptors (Lipinski definition) is 4. The van der Waals surface area contributed by atoms with Crippen LogP contribution in [0.3, 0.4) is 0 Å². The van der Waals surface area contributed by atoms with Crippen LogP contribution in [0.1, 0.15) is 30.6 Å². The molecule has 1 aromatic carbocycles. The van der Waals surface area contributed by atoms with Crippen LogP contribution in [0.5, 0.6) is 5.75 Å². The summed E-state index contributed by atoms with van der Waals surface area (Å²) in [5.74, 6) is -0.615. The van der Waals surface area contributed by atoms with E-state index < -0.39 is 24.5 Å². The smallest absolute Gasteiger partial charge is 0.328 e. The van der Waals surface area contributed by atoms with Gasteiger partial charge in [-0.3, -0.25) is 4.79 Å². The number of aliphatic hydroxyl groups excluding tert-OH is 1. The van der Waals surface area contributed by atoms with Crippen molar-refractivity contribution in [2.24, 2.45) is 5.92 Å². The van der Waals surface area contributed by atoms with Crippen molar-refractivity contribution in [2.75, 3.05) is 13.2 Å². The lowest BCUT2D eigenvalue weighted by Gasteiger charge is -2.12. The second-order valence-electron chi connectivity index (χ2n) is 5.10. The van der Waals surface area contributed by atoms with Gasteiger partial charge in [0.15, 0.2) is 6.04 Å². The number of carbonyl (C=O) groups is 2. The van der Waals surface area contributed by atoms with Gasteiger partial charge in [-0.2, -0.15) is 0 Å². The van der Waals surface area contributed by atoms with Crippen LogP contribution in [0.15, 0.2) is 24.3 Å². The summed E-state index contributed by atoms with van der Waals surface area (Å²) in [7, 11) is 0. The molecule has 1 amide bonds. The van der Waals surface area contributed by atoms with E-state index in [1.807, 2.05) is 0 Å². The minimum atomic E-state index is -1.31. The van der Waals surface area contributed by atoms with E-state index >= 15 is 0 Å². The Morgan fingerprint density at radius 1 is 1.24 bits per heavy atom. The second kappa shape index (κ2) is 8.26. The first-order valence-corrected chi connectivity index (χ1v) is 6.81. The second-order valence-corrected chi connectivity index (χ2v) is 5.10. The van der Waals surface area contributed by atoms with Crippen molar-refractivity contribution in [3.05, 3.63) is 29.8 Å². The molecule has 0 fully saturated rings. The van der Waals surface area contributed by atoms with Crippen LogP contribution in [-0.4, -0.2) is 41.3 Å². The van der Waals surface area contributed by atoms with Gasteiger partial charge in [-0.15, -0.1) is 0 Å². The molecule has 0 saturated heterocycles. The number of ether oxygens (including phenoxy) is 1. The van der Waals surface area contributed by atoms with Crippen LogP contribution < -0.4 is 10.1 Å². The zero-order chi connectivity index (χ0) is 15.8. The molecule has 1 aromatic rings. The summed E-state index contributed by atoms with van der Waals surface area (Å²) < 4.78 is 5.53. The highest BCUT2D eigenvalue weighted by Crippen LogP contribution is 2.13. The van der Waals surface area contributed by atoms with Crippen LogP contribution in [0, 0.1) is 5.92 Å². The lowest BCUT2D eigenvalue weighted by molar-refractivity contribution is -0.140. The maximum absolute atomic E-state index is 11.8. The van der Waals surface area contributed by atoms with E-state index in [1.165, 1.54) is 0 Å². The van der Waals surface area contributed by atoms with Crippen molar-refractivity contribution in [1.29, 1.82) is 0 Å². The molecule has 0 bridgehead atoms. The van der Waals surface area contributed by atoms with E-state index in [9.17, 15) is 9.59 Å². The fourth-order valence-corrected chi connectivity index (χ4v) is 1.54. The number of aliphatic carboxylic acids is 1. The van der Waals surface area contributed by atoms with Crippen molar-refractivity contribution >= 4 is 11.9 Å². The molecule has 0 aliphatic heterocycles. The molecule has 6 heteroatoms. The Balaban J connectivity index is 2.56. The summed E-state index contributed by atoms with van der Waals surface area (Å²) in [5, 5.41) is 19.9. The molecule has 0 aliphatic rings. The molecule has 21 heavy (non-hydrogen) atoms. The van der Waals surface area contributed by atoms with Gasteiger partial charge in [0.05, 0.1) is 13.2 Å². The molecule has 3 N–H and O–H groups in total. The zero-order valence-corrected chi connectivity index (χ0v) is 12.2. The van der Waals surface area contributed by atoms with Gasteiger partial charge in [-0.05, 0) is 36.6 Å². The predicted molar refractivity (Wildman–Crippen MR) is 77.4 cm³/mol. The molecule has 0 saturated carbocycles. The molecule has 1 atom stereocenters. The van der Waals surface area contributed by atoms with Gasteiger partial charge in [-0.25, -0.2) is 4.79 Å². The minimum Gasteiger partial charge on any atom is -0.494 e. The summed E-state index contributed by atoms with van der Waals surface area (Å²) >= 11 is 0. The summed E-state index contributed by atoms with van der Waals surface area (Å²) in [5.41, 5.74) is 0.311. The van der Waals surface area contributed by atoms with Gasteiger partial charge >= 0.3 is 5.97 Å². The molecular formula is C15H21NO5. The number of aliphatic hydroxyl groups is 1. The Kier molecular flexibility index (Phi) is 6.68. The Labute approximate surface area is 123 Å². The lowest BCUT2D eigenvalue weighted by atomic mass is 10.1. The first kappa shape index (κ1) is 17.0. The van der Waals surface area contributed by atoms with E-state index in [0.29, 0.717) is 23.8 Å². The van der Waals surface area contributed by atoms with Crippen LogP contribution in [0.4, 0.5) is 0 Å². The first-order chi connectivity index (χ1) is 9.93. The van der Waals surface area contributed by atoms with Crippen molar-refractivity contribution in [2.45, 2.75) is 26.3 Å². The third kappa shape index (κ3) is 5.83. The van der Waals surface area contributed by atoms with E-state index in [4.69, 9.17) is 14.9 Å². The van der Waals surface area contributed by atoms with E-state index in [1.54, 1.807) is 24.3 Å². The maximum atomic E-state index is 11.8. The summed E-state index contributed by atoms with van der Waals surface area (Å²) in [6, 6.07) is 5.11. The third-order valence-corrected chi connectivity index (χ3v) is 2.87. The number of carbonyl (C=O) groups excluding carboxylic acids is 1. The maximum Gasteiger partial charge on any atom is 0.328 e. The number of amides is 1. The van der Waals surface area contributed by atoms with E-state index in [-0.39, 0.29) is 0 Å². The molecule has 0 radical (unpaired) electrons. The van der Waals surface area contributed by atoms with Crippen molar-refractivity contribution in [3.63, 3.8) is 0 Å². The standard InChI is InChI=1S/C15H21NO5/c1-10(2)7-8-21-12-5-3-11(4-6-12)14(18)16-13(9-17)15(19)20/h3-6,10,13,17H,7-9H2,1-2H3,(H,16,18)(H,19,20)/t13-/m1/s1. The fourth-order valence-electron chi connectivity index (χ4n) is 1.54. The number of nitrogens with one attached hydrogen (secondary N) is 1.